The Morgan fingerprint density at radius 2 is 1.95 bits per heavy atom. The van der Waals surface area contributed by atoms with Gasteiger partial charge >= 0.3 is 0 Å². The van der Waals surface area contributed by atoms with Gasteiger partial charge in [0.05, 0.1) is 13.2 Å². The van der Waals surface area contributed by atoms with Gasteiger partial charge < -0.3 is 14.8 Å². The van der Waals surface area contributed by atoms with E-state index in [0.717, 1.165) is 25.3 Å². The number of aryl methyl sites for hydroxylation is 1. The summed E-state index contributed by atoms with van der Waals surface area (Å²) in [6.45, 7) is 10.2. The van der Waals surface area contributed by atoms with E-state index in [4.69, 9.17) is 9.47 Å². The molecule has 1 rings (SSSR count). The molecule has 0 heterocycles. The van der Waals surface area contributed by atoms with E-state index < -0.39 is 0 Å². The van der Waals surface area contributed by atoms with Crippen molar-refractivity contribution in [2.75, 3.05) is 20.3 Å². The number of methoxy groups -OCH3 is 1. The molecule has 108 valence electrons. The van der Waals surface area contributed by atoms with Crippen LogP contribution in [0.15, 0.2) is 18.2 Å². The van der Waals surface area contributed by atoms with Gasteiger partial charge in [-0.3, -0.25) is 0 Å². The minimum atomic E-state index is 0.286. The molecule has 1 atom stereocenters. The lowest BCUT2D eigenvalue weighted by molar-refractivity contribution is 0.0768. The highest BCUT2D eigenvalue weighted by atomic mass is 16.5. The molecular weight excluding hydrogens is 238 g/mol. The van der Waals surface area contributed by atoms with Gasteiger partial charge in [0.2, 0.25) is 0 Å². The molecule has 0 aliphatic carbocycles. The van der Waals surface area contributed by atoms with Gasteiger partial charge in [-0.1, -0.05) is 17.7 Å². The predicted octanol–water partition coefficient (Wildman–Crippen LogP) is 3.47. The third-order valence-corrected chi connectivity index (χ3v) is 3.07. The number of nitrogens with one attached hydrogen (secondary N) is 1. The van der Waals surface area contributed by atoms with Crippen molar-refractivity contribution in [2.24, 2.45) is 0 Å². The van der Waals surface area contributed by atoms with Crippen molar-refractivity contribution in [3.05, 3.63) is 29.3 Å². The molecule has 1 aromatic rings. The van der Waals surface area contributed by atoms with Gasteiger partial charge in [-0.05, 0) is 46.7 Å². The summed E-state index contributed by atoms with van der Waals surface area (Å²) in [5, 5.41) is 3.51. The summed E-state index contributed by atoms with van der Waals surface area (Å²) in [7, 11) is 1.72. The van der Waals surface area contributed by atoms with Gasteiger partial charge in [0.15, 0.2) is 0 Å². The fourth-order valence-electron chi connectivity index (χ4n) is 2.01. The lowest BCUT2D eigenvalue weighted by Gasteiger charge is -2.18. The van der Waals surface area contributed by atoms with E-state index in [2.05, 4.69) is 45.1 Å². The molecule has 0 fully saturated rings. The molecular formula is C16H27NO2. The zero-order chi connectivity index (χ0) is 14.3. The Bertz CT molecular complexity index is 377. The van der Waals surface area contributed by atoms with E-state index >= 15 is 0 Å². The average molecular weight is 265 g/mol. The second kappa shape index (κ2) is 8.18. The second-order valence-electron chi connectivity index (χ2n) is 5.19. The zero-order valence-corrected chi connectivity index (χ0v) is 12.8. The Morgan fingerprint density at radius 1 is 1.21 bits per heavy atom. The first kappa shape index (κ1) is 16.0. The molecule has 1 aromatic carbocycles. The number of rotatable bonds is 8. The van der Waals surface area contributed by atoms with Crippen molar-refractivity contribution in [1.82, 2.24) is 5.32 Å². The summed E-state index contributed by atoms with van der Waals surface area (Å²) in [6, 6.07) is 6.58. The molecule has 0 amide bonds. The van der Waals surface area contributed by atoms with Crippen LogP contribution >= 0.6 is 0 Å². The van der Waals surface area contributed by atoms with Gasteiger partial charge in [0.25, 0.3) is 0 Å². The maximum absolute atomic E-state index is 5.53. The highest BCUT2D eigenvalue weighted by Gasteiger charge is 2.10. The van der Waals surface area contributed by atoms with Gasteiger partial charge in [-0.15, -0.1) is 0 Å². The van der Waals surface area contributed by atoms with Gasteiger partial charge in [-0.2, -0.15) is 0 Å². The second-order valence-corrected chi connectivity index (χ2v) is 5.19. The Kier molecular flexibility index (Phi) is 6.89. The van der Waals surface area contributed by atoms with Crippen LogP contribution in [0, 0.1) is 6.92 Å². The Hall–Kier alpha value is -1.06. The monoisotopic (exact) mass is 265 g/mol. The molecule has 19 heavy (non-hydrogen) atoms. The molecule has 3 heteroatoms. The summed E-state index contributed by atoms with van der Waals surface area (Å²) in [5.41, 5.74) is 2.47. The lowest BCUT2D eigenvalue weighted by Crippen LogP contribution is -2.22. The van der Waals surface area contributed by atoms with Crippen LogP contribution in [0.4, 0.5) is 0 Å². The van der Waals surface area contributed by atoms with Crippen LogP contribution in [-0.4, -0.2) is 26.4 Å². The van der Waals surface area contributed by atoms with Gasteiger partial charge in [0, 0.05) is 18.2 Å². The topological polar surface area (TPSA) is 30.5 Å². The number of hydrogen-bond donors (Lipinski definition) is 1. The van der Waals surface area contributed by atoms with Gasteiger partial charge in [0.1, 0.15) is 5.75 Å². The number of benzene rings is 1. The van der Waals surface area contributed by atoms with Crippen molar-refractivity contribution in [1.29, 1.82) is 0 Å². The SMILES string of the molecule is COc1ccc(C)cc1C(C)NCCCOC(C)C. The molecule has 0 aromatic heterocycles. The maximum atomic E-state index is 5.53. The molecule has 0 bridgehead atoms. The molecule has 1 unspecified atom stereocenters. The summed E-state index contributed by atoms with van der Waals surface area (Å²) in [6.07, 6.45) is 1.34. The van der Waals surface area contributed by atoms with Crippen LogP contribution in [-0.2, 0) is 4.74 Å². The first-order chi connectivity index (χ1) is 9.04. The van der Waals surface area contributed by atoms with Crippen molar-refractivity contribution in [3.63, 3.8) is 0 Å². The van der Waals surface area contributed by atoms with E-state index in [1.165, 1.54) is 11.1 Å². The predicted molar refractivity (Wildman–Crippen MR) is 79.9 cm³/mol. The average Bonchev–Trinajstić information content (AvgIpc) is 2.37. The first-order valence-electron chi connectivity index (χ1n) is 7.04. The molecule has 0 radical (unpaired) electrons. The normalized spacial score (nSPS) is 12.7. The fourth-order valence-corrected chi connectivity index (χ4v) is 2.01. The molecule has 0 saturated carbocycles. The van der Waals surface area contributed by atoms with E-state index in [1.807, 2.05) is 6.07 Å². The molecule has 0 saturated heterocycles. The van der Waals surface area contributed by atoms with Crippen molar-refractivity contribution < 1.29 is 9.47 Å². The Balaban J connectivity index is 2.44. The Labute approximate surface area is 117 Å². The van der Waals surface area contributed by atoms with Crippen LogP contribution in [0.25, 0.3) is 0 Å². The summed E-state index contributed by atoms with van der Waals surface area (Å²) < 4.78 is 10.9. The van der Waals surface area contributed by atoms with Gasteiger partial charge in [-0.25, -0.2) is 0 Å². The molecule has 3 nitrogen and oxygen atoms in total. The van der Waals surface area contributed by atoms with Crippen LogP contribution in [0.1, 0.15) is 44.4 Å². The van der Waals surface area contributed by atoms with Crippen molar-refractivity contribution in [2.45, 2.75) is 46.3 Å². The quantitative estimate of drug-likeness (QED) is 0.730. The molecule has 0 spiro atoms. The largest absolute Gasteiger partial charge is 0.496 e. The van der Waals surface area contributed by atoms with Crippen molar-refractivity contribution in [3.8, 4) is 5.75 Å². The first-order valence-corrected chi connectivity index (χ1v) is 7.04. The lowest BCUT2D eigenvalue weighted by atomic mass is 10.0. The van der Waals surface area contributed by atoms with Crippen LogP contribution < -0.4 is 10.1 Å². The highest BCUT2D eigenvalue weighted by molar-refractivity contribution is 5.38. The molecule has 0 aliphatic heterocycles. The van der Waals surface area contributed by atoms with E-state index in [-0.39, 0.29) is 6.04 Å². The maximum Gasteiger partial charge on any atom is 0.123 e. The summed E-state index contributed by atoms with van der Waals surface area (Å²) in [5.74, 6) is 0.948. The minimum absolute atomic E-state index is 0.286. The summed E-state index contributed by atoms with van der Waals surface area (Å²) in [4.78, 5) is 0. The van der Waals surface area contributed by atoms with Crippen LogP contribution in [0.5, 0.6) is 5.75 Å². The molecule has 0 aliphatic rings. The number of ether oxygens (including phenoxy) is 2. The zero-order valence-electron chi connectivity index (χ0n) is 12.8. The van der Waals surface area contributed by atoms with Crippen LogP contribution in [0.3, 0.4) is 0 Å². The highest BCUT2D eigenvalue weighted by Crippen LogP contribution is 2.25. The third kappa shape index (κ3) is 5.62. The summed E-state index contributed by atoms with van der Waals surface area (Å²) >= 11 is 0. The minimum Gasteiger partial charge on any atom is -0.496 e. The molecule has 1 N–H and O–H groups in total. The smallest absolute Gasteiger partial charge is 0.123 e. The Morgan fingerprint density at radius 3 is 2.58 bits per heavy atom. The van der Waals surface area contributed by atoms with E-state index in [9.17, 15) is 0 Å². The number of hydrogen-bond acceptors (Lipinski definition) is 3. The van der Waals surface area contributed by atoms with Crippen LogP contribution in [0.2, 0.25) is 0 Å². The van der Waals surface area contributed by atoms with Crippen molar-refractivity contribution >= 4 is 0 Å². The van der Waals surface area contributed by atoms with E-state index in [0.29, 0.717) is 6.10 Å². The standard InChI is InChI=1S/C16H27NO2/c1-12(2)19-10-6-9-17-14(4)15-11-13(3)7-8-16(15)18-5/h7-8,11-12,14,17H,6,9-10H2,1-5H3. The fraction of sp³-hybridized carbons (Fsp3) is 0.625. The van der Waals surface area contributed by atoms with E-state index in [1.54, 1.807) is 7.11 Å². The third-order valence-electron chi connectivity index (χ3n) is 3.07.